The minimum absolute atomic E-state index is 0.276. The van der Waals surface area contributed by atoms with Crippen molar-refractivity contribution in [3.8, 4) is 11.8 Å². The summed E-state index contributed by atoms with van der Waals surface area (Å²) in [6, 6.07) is 0. The molecule has 3 nitrogen and oxygen atoms in total. The Labute approximate surface area is 86.4 Å². The molecule has 14 heavy (non-hydrogen) atoms. The Balaban J connectivity index is 3.85. The van der Waals surface area contributed by atoms with Gasteiger partial charge in [-0.15, -0.1) is 0 Å². The van der Waals surface area contributed by atoms with Gasteiger partial charge in [-0.25, -0.2) is 0 Å². The van der Waals surface area contributed by atoms with Crippen molar-refractivity contribution in [1.29, 1.82) is 0 Å². The molecule has 1 atom stereocenters. The molecule has 0 spiro atoms. The van der Waals surface area contributed by atoms with Crippen molar-refractivity contribution in [3.63, 3.8) is 0 Å². The predicted octanol–water partition coefficient (Wildman–Crippen LogP) is -0.134. The normalized spacial score (nSPS) is 11.8. The number of carbonyl (C=O) groups is 1. The molecule has 0 unspecified atom stereocenters. The molecule has 1 N–H and O–H groups in total. The van der Waals surface area contributed by atoms with E-state index in [2.05, 4.69) is 25.7 Å². The fraction of sp³-hybridized carbons (Fsp3) is 0.727. The van der Waals surface area contributed by atoms with Crippen molar-refractivity contribution >= 4 is 5.97 Å². The first-order valence-corrected chi connectivity index (χ1v) is 5.09. The van der Waals surface area contributed by atoms with Crippen molar-refractivity contribution < 1.29 is 14.4 Å². The lowest BCUT2D eigenvalue weighted by Crippen LogP contribution is -3.11. The summed E-state index contributed by atoms with van der Waals surface area (Å²) in [6.07, 6.45) is -0.289. The molecule has 0 radical (unpaired) electrons. The van der Waals surface area contributed by atoms with E-state index in [4.69, 9.17) is 4.74 Å². The van der Waals surface area contributed by atoms with Crippen LogP contribution in [0.2, 0.25) is 0 Å². The minimum atomic E-state index is -0.289. The van der Waals surface area contributed by atoms with E-state index in [1.54, 1.807) is 6.92 Å². The standard InChI is InChI=1S/C11H19NO2/c1-5-12(6-2)9-7-8-10(3)14-11(4)13/h10H,5-6,9H2,1-4H3/p+1/t10-/m0/s1. The van der Waals surface area contributed by atoms with Crippen LogP contribution in [0.5, 0.6) is 0 Å². The van der Waals surface area contributed by atoms with Gasteiger partial charge in [0.1, 0.15) is 6.54 Å². The zero-order valence-corrected chi connectivity index (χ0v) is 9.52. The molecule has 0 rings (SSSR count). The first-order valence-electron chi connectivity index (χ1n) is 5.09. The lowest BCUT2D eigenvalue weighted by Gasteiger charge is -2.10. The van der Waals surface area contributed by atoms with Crippen molar-refractivity contribution in [3.05, 3.63) is 0 Å². The molecule has 3 heteroatoms. The lowest BCUT2D eigenvalue weighted by atomic mass is 10.4. The van der Waals surface area contributed by atoms with Crippen LogP contribution in [-0.2, 0) is 9.53 Å². The molecular formula is C11H20NO2+. The van der Waals surface area contributed by atoms with E-state index < -0.39 is 0 Å². The number of nitrogens with one attached hydrogen (secondary N) is 1. The molecule has 0 aliphatic rings. The van der Waals surface area contributed by atoms with Gasteiger partial charge in [-0.1, -0.05) is 5.92 Å². The third-order valence-electron chi connectivity index (χ3n) is 1.99. The van der Waals surface area contributed by atoms with Gasteiger partial charge in [0.2, 0.25) is 0 Å². The van der Waals surface area contributed by atoms with Gasteiger partial charge in [-0.05, 0) is 26.7 Å². The third-order valence-corrected chi connectivity index (χ3v) is 1.99. The Morgan fingerprint density at radius 2 is 2.00 bits per heavy atom. The van der Waals surface area contributed by atoms with Gasteiger partial charge in [0.05, 0.1) is 13.1 Å². The quantitative estimate of drug-likeness (QED) is 0.504. The van der Waals surface area contributed by atoms with Crippen LogP contribution >= 0.6 is 0 Å². The van der Waals surface area contributed by atoms with E-state index in [9.17, 15) is 4.79 Å². The molecule has 0 saturated carbocycles. The molecule has 80 valence electrons. The van der Waals surface area contributed by atoms with E-state index in [0.29, 0.717) is 0 Å². The second-order valence-corrected chi connectivity index (χ2v) is 3.21. The second kappa shape index (κ2) is 7.40. The Morgan fingerprint density at radius 1 is 1.43 bits per heavy atom. The molecule has 0 fully saturated rings. The van der Waals surface area contributed by atoms with Gasteiger partial charge >= 0.3 is 5.97 Å². The second-order valence-electron chi connectivity index (χ2n) is 3.21. The minimum Gasteiger partial charge on any atom is -0.450 e. The highest BCUT2D eigenvalue weighted by Crippen LogP contribution is 1.87. The van der Waals surface area contributed by atoms with Crippen molar-refractivity contribution in [1.82, 2.24) is 0 Å². The van der Waals surface area contributed by atoms with Gasteiger partial charge < -0.3 is 9.64 Å². The average molecular weight is 198 g/mol. The SMILES string of the molecule is CC[NH+](CC)CC#C[C@H](C)OC(C)=O. The van der Waals surface area contributed by atoms with Gasteiger partial charge in [-0.2, -0.15) is 0 Å². The van der Waals surface area contributed by atoms with Crippen LogP contribution in [0, 0.1) is 11.8 Å². The van der Waals surface area contributed by atoms with Crippen LogP contribution in [0.3, 0.4) is 0 Å². The van der Waals surface area contributed by atoms with E-state index in [1.165, 1.54) is 11.8 Å². The van der Waals surface area contributed by atoms with E-state index in [-0.39, 0.29) is 12.1 Å². The topological polar surface area (TPSA) is 30.7 Å². The Hall–Kier alpha value is -1.01. The zero-order chi connectivity index (χ0) is 11.0. The maximum atomic E-state index is 10.6. The molecule has 0 saturated heterocycles. The van der Waals surface area contributed by atoms with Crippen molar-refractivity contribution in [2.24, 2.45) is 0 Å². The predicted molar refractivity (Wildman–Crippen MR) is 55.9 cm³/mol. The molecular weight excluding hydrogens is 178 g/mol. The molecule has 0 aliphatic carbocycles. The summed E-state index contributed by atoms with van der Waals surface area (Å²) < 4.78 is 4.88. The van der Waals surface area contributed by atoms with E-state index in [0.717, 1.165) is 19.6 Å². The van der Waals surface area contributed by atoms with E-state index >= 15 is 0 Å². The summed E-state index contributed by atoms with van der Waals surface area (Å²) in [5.74, 6) is 5.65. The van der Waals surface area contributed by atoms with Crippen LogP contribution in [0.25, 0.3) is 0 Å². The number of hydrogen-bond acceptors (Lipinski definition) is 2. The molecule has 0 aromatic carbocycles. The highest BCUT2D eigenvalue weighted by Gasteiger charge is 2.01. The van der Waals surface area contributed by atoms with Crippen molar-refractivity contribution in [2.75, 3.05) is 19.6 Å². The Bertz CT molecular complexity index is 223. The number of hydrogen-bond donors (Lipinski definition) is 1. The zero-order valence-electron chi connectivity index (χ0n) is 9.52. The molecule has 0 bridgehead atoms. The number of ether oxygens (including phenoxy) is 1. The highest BCUT2D eigenvalue weighted by molar-refractivity contribution is 5.66. The molecule has 0 aromatic heterocycles. The molecule has 0 aliphatic heterocycles. The maximum absolute atomic E-state index is 10.6. The summed E-state index contributed by atoms with van der Waals surface area (Å²) >= 11 is 0. The van der Waals surface area contributed by atoms with Crippen LogP contribution in [0.1, 0.15) is 27.7 Å². The summed E-state index contributed by atoms with van der Waals surface area (Å²) in [5.41, 5.74) is 0. The Kier molecular flexibility index (Phi) is 6.87. The summed E-state index contributed by atoms with van der Waals surface area (Å²) in [4.78, 5) is 12.0. The summed E-state index contributed by atoms with van der Waals surface area (Å²) in [5, 5.41) is 0. The first kappa shape index (κ1) is 13.0. The molecule has 0 heterocycles. The first-order chi connectivity index (χ1) is 6.60. The van der Waals surface area contributed by atoms with Gasteiger partial charge in [0.25, 0.3) is 0 Å². The highest BCUT2D eigenvalue weighted by atomic mass is 16.5. The monoisotopic (exact) mass is 198 g/mol. The van der Waals surface area contributed by atoms with E-state index in [1.807, 2.05) is 0 Å². The van der Waals surface area contributed by atoms with Gasteiger partial charge in [0.15, 0.2) is 6.10 Å². The number of carbonyl (C=O) groups excluding carboxylic acids is 1. The van der Waals surface area contributed by atoms with Crippen LogP contribution in [0.4, 0.5) is 0 Å². The van der Waals surface area contributed by atoms with Gasteiger partial charge in [0, 0.05) is 6.92 Å². The lowest BCUT2D eigenvalue weighted by molar-refractivity contribution is -0.889. The fourth-order valence-electron chi connectivity index (χ4n) is 1.10. The average Bonchev–Trinajstić information content (AvgIpc) is 2.11. The smallest absolute Gasteiger partial charge is 0.303 e. The molecule has 0 aromatic rings. The fourth-order valence-corrected chi connectivity index (χ4v) is 1.10. The largest absolute Gasteiger partial charge is 0.450 e. The number of quaternary nitrogens is 1. The van der Waals surface area contributed by atoms with Crippen LogP contribution in [-0.4, -0.2) is 31.7 Å². The summed E-state index contributed by atoms with van der Waals surface area (Å²) in [7, 11) is 0. The van der Waals surface area contributed by atoms with Crippen molar-refractivity contribution in [2.45, 2.75) is 33.8 Å². The summed E-state index contributed by atoms with van der Waals surface area (Å²) in [6.45, 7) is 10.4. The Morgan fingerprint density at radius 3 is 2.43 bits per heavy atom. The maximum Gasteiger partial charge on any atom is 0.303 e. The number of esters is 1. The number of rotatable bonds is 4. The molecule has 0 amide bonds. The third kappa shape index (κ3) is 6.50. The van der Waals surface area contributed by atoms with Crippen LogP contribution in [0.15, 0.2) is 0 Å². The van der Waals surface area contributed by atoms with Gasteiger partial charge in [-0.3, -0.25) is 4.79 Å². The van der Waals surface area contributed by atoms with Crippen LogP contribution < -0.4 is 4.90 Å².